The second kappa shape index (κ2) is 6.41. The Balaban J connectivity index is 2.10. The van der Waals surface area contributed by atoms with Crippen LogP contribution < -0.4 is 5.32 Å². The molecule has 2 rings (SSSR count). The lowest BCUT2D eigenvalue weighted by atomic mass is 10.1. The van der Waals surface area contributed by atoms with Crippen molar-refractivity contribution in [2.45, 2.75) is 19.5 Å². The van der Waals surface area contributed by atoms with Crippen LogP contribution >= 0.6 is 15.9 Å². The smallest absolute Gasteiger partial charge is 0.163 e. The molecule has 0 aliphatic heterocycles. The van der Waals surface area contributed by atoms with Crippen LogP contribution in [0.3, 0.4) is 0 Å². The van der Waals surface area contributed by atoms with Gasteiger partial charge < -0.3 is 5.32 Å². The Morgan fingerprint density at radius 1 is 1.10 bits per heavy atom. The van der Waals surface area contributed by atoms with Gasteiger partial charge in [-0.05, 0) is 31.2 Å². The van der Waals surface area contributed by atoms with E-state index in [2.05, 4.69) is 21.2 Å². The summed E-state index contributed by atoms with van der Waals surface area (Å²) in [6.45, 7) is 1.93. The number of rotatable bonds is 4. The number of benzene rings is 2. The third-order valence-electron chi connectivity index (χ3n) is 3.05. The second-order valence-electron chi connectivity index (χ2n) is 4.48. The van der Waals surface area contributed by atoms with Crippen molar-refractivity contribution in [3.05, 3.63) is 69.4 Å². The molecular formula is C15H13BrF3N. The summed E-state index contributed by atoms with van der Waals surface area (Å²) in [5.74, 6) is -2.10. The first-order valence-corrected chi connectivity index (χ1v) is 6.89. The molecule has 0 amide bonds. The maximum absolute atomic E-state index is 13.6. The zero-order valence-corrected chi connectivity index (χ0v) is 12.3. The highest BCUT2D eigenvalue weighted by Gasteiger charge is 2.14. The van der Waals surface area contributed by atoms with Crippen LogP contribution in [-0.4, -0.2) is 0 Å². The van der Waals surface area contributed by atoms with Crippen molar-refractivity contribution in [1.29, 1.82) is 0 Å². The zero-order valence-electron chi connectivity index (χ0n) is 10.8. The van der Waals surface area contributed by atoms with E-state index < -0.39 is 17.7 Å². The Kier molecular flexibility index (Phi) is 4.83. The minimum absolute atomic E-state index is 0.223. The van der Waals surface area contributed by atoms with Gasteiger partial charge in [-0.1, -0.05) is 28.1 Å². The van der Waals surface area contributed by atoms with Gasteiger partial charge in [-0.2, -0.15) is 0 Å². The van der Waals surface area contributed by atoms with Crippen LogP contribution in [-0.2, 0) is 6.54 Å². The summed E-state index contributed by atoms with van der Waals surface area (Å²) in [6.07, 6.45) is 0. The molecule has 2 aromatic rings. The van der Waals surface area contributed by atoms with E-state index in [0.29, 0.717) is 5.56 Å². The molecule has 0 aliphatic carbocycles. The van der Waals surface area contributed by atoms with E-state index in [9.17, 15) is 13.2 Å². The first-order valence-electron chi connectivity index (χ1n) is 6.10. The Morgan fingerprint density at radius 3 is 2.60 bits per heavy atom. The summed E-state index contributed by atoms with van der Waals surface area (Å²) in [7, 11) is 0. The Hall–Kier alpha value is -1.33. The van der Waals surface area contributed by atoms with Gasteiger partial charge in [0.05, 0.1) is 0 Å². The highest BCUT2D eigenvalue weighted by atomic mass is 79.9. The van der Waals surface area contributed by atoms with Crippen molar-refractivity contribution < 1.29 is 13.2 Å². The first kappa shape index (κ1) is 15.1. The quantitative estimate of drug-likeness (QED) is 0.847. The number of hydrogen-bond acceptors (Lipinski definition) is 1. The molecule has 0 bridgehead atoms. The molecule has 0 saturated heterocycles. The van der Waals surface area contributed by atoms with Gasteiger partial charge in [-0.25, -0.2) is 13.2 Å². The lowest BCUT2D eigenvalue weighted by Crippen LogP contribution is -2.20. The van der Waals surface area contributed by atoms with Gasteiger partial charge >= 0.3 is 0 Å². The first-order chi connectivity index (χ1) is 9.49. The summed E-state index contributed by atoms with van der Waals surface area (Å²) in [6, 6.07) is 8.21. The van der Waals surface area contributed by atoms with Crippen molar-refractivity contribution >= 4 is 15.9 Å². The molecule has 1 nitrogen and oxygen atoms in total. The van der Waals surface area contributed by atoms with E-state index >= 15 is 0 Å². The van der Waals surface area contributed by atoms with Crippen molar-refractivity contribution in [2.75, 3.05) is 0 Å². The van der Waals surface area contributed by atoms with E-state index in [0.717, 1.165) is 10.5 Å². The average Bonchev–Trinajstić information content (AvgIpc) is 2.42. The van der Waals surface area contributed by atoms with Gasteiger partial charge in [-0.15, -0.1) is 0 Å². The van der Waals surface area contributed by atoms with E-state index in [4.69, 9.17) is 0 Å². The third-order valence-corrected chi connectivity index (χ3v) is 3.55. The predicted molar refractivity (Wildman–Crippen MR) is 75.7 cm³/mol. The van der Waals surface area contributed by atoms with Gasteiger partial charge in [0.15, 0.2) is 11.6 Å². The second-order valence-corrected chi connectivity index (χ2v) is 5.40. The fourth-order valence-electron chi connectivity index (χ4n) is 1.91. The standard InChI is InChI=1S/C15H13BrF3N/c1-9(12-3-2-4-14(18)15(12)19)20-8-10-7-11(16)5-6-13(10)17/h2-7,9,20H,8H2,1H3. The van der Waals surface area contributed by atoms with Crippen molar-refractivity contribution in [1.82, 2.24) is 5.32 Å². The minimum atomic E-state index is -0.884. The Bertz CT molecular complexity index is 616. The highest BCUT2D eigenvalue weighted by molar-refractivity contribution is 9.10. The molecule has 1 atom stereocenters. The number of nitrogens with one attached hydrogen (secondary N) is 1. The van der Waals surface area contributed by atoms with Crippen LogP contribution in [0.4, 0.5) is 13.2 Å². The molecule has 1 N–H and O–H groups in total. The van der Waals surface area contributed by atoms with Crippen LogP contribution in [0, 0.1) is 17.5 Å². The lowest BCUT2D eigenvalue weighted by molar-refractivity contribution is 0.470. The van der Waals surface area contributed by atoms with E-state index in [-0.39, 0.29) is 17.9 Å². The maximum atomic E-state index is 13.6. The van der Waals surface area contributed by atoms with E-state index in [1.54, 1.807) is 19.1 Å². The largest absolute Gasteiger partial charge is 0.306 e. The highest BCUT2D eigenvalue weighted by Crippen LogP contribution is 2.20. The fourth-order valence-corrected chi connectivity index (χ4v) is 2.32. The summed E-state index contributed by atoms with van der Waals surface area (Å²) in [5, 5.41) is 2.98. The summed E-state index contributed by atoms with van der Waals surface area (Å²) in [5.41, 5.74) is 0.684. The van der Waals surface area contributed by atoms with Crippen LogP contribution in [0.5, 0.6) is 0 Å². The van der Waals surface area contributed by atoms with Gasteiger partial charge in [-0.3, -0.25) is 0 Å². The third kappa shape index (κ3) is 3.41. The molecule has 0 spiro atoms. The van der Waals surface area contributed by atoms with Gasteiger partial charge in [0.2, 0.25) is 0 Å². The summed E-state index contributed by atoms with van der Waals surface area (Å²) < 4.78 is 41.1. The average molecular weight is 344 g/mol. The fraction of sp³-hybridized carbons (Fsp3) is 0.200. The van der Waals surface area contributed by atoms with Crippen molar-refractivity contribution in [3.63, 3.8) is 0 Å². The molecule has 20 heavy (non-hydrogen) atoms. The molecule has 5 heteroatoms. The summed E-state index contributed by atoms with van der Waals surface area (Å²) >= 11 is 3.27. The number of halogens is 4. The molecule has 0 aromatic heterocycles. The van der Waals surface area contributed by atoms with Gasteiger partial charge in [0.1, 0.15) is 5.82 Å². The van der Waals surface area contributed by atoms with Crippen LogP contribution in [0.2, 0.25) is 0 Å². The molecule has 106 valence electrons. The van der Waals surface area contributed by atoms with Crippen LogP contribution in [0.25, 0.3) is 0 Å². The lowest BCUT2D eigenvalue weighted by Gasteiger charge is -2.15. The molecule has 0 fully saturated rings. The topological polar surface area (TPSA) is 12.0 Å². The molecule has 0 radical (unpaired) electrons. The molecule has 0 aliphatic rings. The van der Waals surface area contributed by atoms with Crippen molar-refractivity contribution in [3.8, 4) is 0 Å². The zero-order chi connectivity index (χ0) is 14.7. The molecule has 1 unspecified atom stereocenters. The van der Waals surface area contributed by atoms with Crippen LogP contribution in [0.15, 0.2) is 40.9 Å². The maximum Gasteiger partial charge on any atom is 0.163 e. The number of hydrogen-bond donors (Lipinski definition) is 1. The Labute approximate surface area is 123 Å². The molecule has 0 heterocycles. The summed E-state index contributed by atoms with van der Waals surface area (Å²) in [4.78, 5) is 0. The van der Waals surface area contributed by atoms with E-state index in [1.807, 2.05) is 0 Å². The minimum Gasteiger partial charge on any atom is -0.306 e. The van der Waals surface area contributed by atoms with E-state index in [1.165, 1.54) is 18.2 Å². The Morgan fingerprint density at radius 2 is 1.85 bits per heavy atom. The normalized spacial score (nSPS) is 12.4. The molecule has 0 saturated carbocycles. The molecular weight excluding hydrogens is 331 g/mol. The SMILES string of the molecule is CC(NCc1cc(Br)ccc1F)c1cccc(F)c1F. The molecule has 2 aromatic carbocycles. The predicted octanol–water partition coefficient (Wildman–Crippen LogP) is 4.72. The van der Waals surface area contributed by atoms with Gasteiger partial charge in [0.25, 0.3) is 0 Å². The van der Waals surface area contributed by atoms with Gasteiger partial charge in [0, 0.05) is 28.2 Å². The van der Waals surface area contributed by atoms with Crippen LogP contribution in [0.1, 0.15) is 24.1 Å². The van der Waals surface area contributed by atoms with Crippen molar-refractivity contribution in [2.24, 2.45) is 0 Å². The monoisotopic (exact) mass is 343 g/mol.